The normalized spacial score (nSPS) is 14.8. The second-order valence-corrected chi connectivity index (χ2v) is 7.07. The summed E-state index contributed by atoms with van der Waals surface area (Å²) in [5.74, 6) is 1.37. The minimum absolute atomic E-state index is 0. The van der Waals surface area contributed by atoms with Gasteiger partial charge in [0, 0.05) is 30.8 Å². The van der Waals surface area contributed by atoms with Crippen molar-refractivity contribution in [1.82, 2.24) is 15.6 Å². The van der Waals surface area contributed by atoms with Gasteiger partial charge >= 0.3 is 0 Å². The van der Waals surface area contributed by atoms with Crippen LogP contribution in [0.5, 0.6) is 11.6 Å². The lowest BCUT2D eigenvalue weighted by Crippen LogP contribution is -2.33. The Morgan fingerprint density at radius 3 is 2.76 bits per heavy atom. The third kappa shape index (κ3) is 7.80. The molecule has 8 heteroatoms. The molecule has 5 nitrogen and oxygen atoms in total. The molecule has 2 heterocycles. The van der Waals surface area contributed by atoms with Gasteiger partial charge in [0.05, 0.1) is 0 Å². The van der Waals surface area contributed by atoms with Gasteiger partial charge in [0.2, 0.25) is 11.8 Å². The molecule has 0 bridgehead atoms. The van der Waals surface area contributed by atoms with E-state index in [1.807, 2.05) is 6.07 Å². The lowest BCUT2D eigenvalue weighted by molar-refractivity contribution is -0.122. The average molecular weight is 444 g/mol. The number of nitrogens with zero attached hydrogens (tertiary/aromatic N) is 1. The van der Waals surface area contributed by atoms with Crippen LogP contribution >= 0.6 is 24.8 Å². The largest absolute Gasteiger partial charge is 0.439 e. The van der Waals surface area contributed by atoms with Crippen molar-refractivity contribution in [1.29, 1.82) is 0 Å². The topological polar surface area (TPSA) is 63.2 Å². The fraction of sp³-hybridized carbons (Fsp3) is 0.429. The zero-order valence-corrected chi connectivity index (χ0v) is 18.0. The van der Waals surface area contributed by atoms with Crippen LogP contribution in [0.2, 0.25) is 0 Å². The van der Waals surface area contributed by atoms with E-state index in [-0.39, 0.29) is 36.5 Å². The minimum Gasteiger partial charge on any atom is -0.439 e. The van der Waals surface area contributed by atoms with Crippen molar-refractivity contribution in [2.24, 2.45) is 11.8 Å². The molecule has 1 atom stereocenters. The van der Waals surface area contributed by atoms with Crippen molar-refractivity contribution in [2.75, 3.05) is 13.1 Å². The van der Waals surface area contributed by atoms with Crippen LogP contribution in [0, 0.1) is 17.7 Å². The van der Waals surface area contributed by atoms with Crippen molar-refractivity contribution >= 4 is 30.7 Å². The van der Waals surface area contributed by atoms with Crippen LogP contribution in [0.15, 0.2) is 42.6 Å². The first kappa shape index (κ1) is 25.1. The molecule has 1 aliphatic rings. The van der Waals surface area contributed by atoms with Gasteiger partial charge in [-0.2, -0.15) is 0 Å². The monoisotopic (exact) mass is 443 g/mol. The molecular formula is C21H28Cl2FN3O2. The van der Waals surface area contributed by atoms with Crippen LogP contribution in [0.25, 0.3) is 0 Å². The summed E-state index contributed by atoms with van der Waals surface area (Å²) in [5, 5.41) is 6.31. The molecule has 1 amide bonds. The fourth-order valence-electron chi connectivity index (χ4n) is 3.43. The standard InChI is InChI=1S/C21H26FN3O2.2ClH/c1-15(16-7-10-23-11-8-16)12-20(26)25-14-17-4-3-9-24-21(17)27-19-6-2-5-18(22)13-19;;/h2-6,9,13,15-16,23H,7-8,10-12,14H2,1H3,(H,25,26);2*1H. The van der Waals surface area contributed by atoms with Crippen LogP contribution in [0.1, 0.15) is 31.7 Å². The van der Waals surface area contributed by atoms with Gasteiger partial charge in [-0.3, -0.25) is 4.79 Å². The summed E-state index contributed by atoms with van der Waals surface area (Å²) in [7, 11) is 0. The first-order chi connectivity index (χ1) is 13.1. The number of hydrogen-bond donors (Lipinski definition) is 2. The highest BCUT2D eigenvalue weighted by Crippen LogP contribution is 2.25. The highest BCUT2D eigenvalue weighted by Gasteiger charge is 2.22. The molecule has 29 heavy (non-hydrogen) atoms. The number of hydrogen-bond acceptors (Lipinski definition) is 4. The molecule has 1 aliphatic heterocycles. The zero-order chi connectivity index (χ0) is 19.1. The van der Waals surface area contributed by atoms with Gasteiger partial charge in [-0.25, -0.2) is 9.37 Å². The molecule has 1 unspecified atom stereocenters. The maximum absolute atomic E-state index is 13.3. The van der Waals surface area contributed by atoms with E-state index in [4.69, 9.17) is 4.74 Å². The lowest BCUT2D eigenvalue weighted by atomic mass is 9.84. The quantitative estimate of drug-likeness (QED) is 0.660. The molecule has 160 valence electrons. The van der Waals surface area contributed by atoms with Gasteiger partial charge in [0.1, 0.15) is 11.6 Å². The van der Waals surface area contributed by atoms with E-state index < -0.39 is 0 Å². The first-order valence-corrected chi connectivity index (χ1v) is 9.46. The predicted molar refractivity (Wildman–Crippen MR) is 116 cm³/mol. The summed E-state index contributed by atoms with van der Waals surface area (Å²) >= 11 is 0. The van der Waals surface area contributed by atoms with Crippen molar-refractivity contribution in [3.63, 3.8) is 0 Å². The van der Waals surface area contributed by atoms with Gasteiger partial charge in [-0.1, -0.05) is 19.1 Å². The lowest BCUT2D eigenvalue weighted by Gasteiger charge is -2.27. The van der Waals surface area contributed by atoms with Crippen LogP contribution in [-0.2, 0) is 11.3 Å². The molecule has 0 saturated carbocycles. The maximum Gasteiger partial charge on any atom is 0.224 e. The molecule has 1 aromatic heterocycles. The number of benzene rings is 1. The van der Waals surface area contributed by atoms with E-state index in [1.54, 1.807) is 24.4 Å². The molecule has 1 aromatic carbocycles. The van der Waals surface area contributed by atoms with Crippen LogP contribution < -0.4 is 15.4 Å². The van der Waals surface area contributed by atoms with Crippen molar-refractivity contribution in [3.8, 4) is 11.6 Å². The summed E-state index contributed by atoms with van der Waals surface area (Å²) in [6.07, 6.45) is 4.38. The predicted octanol–water partition coefficient (Wildman–Crippen LogP) is 4.50. The van der Waals surface area contributed by atoms with Crippen molar-refractivity contribution in [3.05, 3.63) is 54.0 Å². The number of piperidine rings is 1. The molecule has 0 aliphatic carbocycles. The van der Waals surface area contributed by atoms with Gasteiger partial charge in [0.15, 0.2) is 0 Å². The molecule has 1 fully saturated rings. The van der Waals surface area contributed by atoms with Crippen molar-refractivity contribution in [2.45, 2.75) is 32.7 Å². The Morgan fingerprint density at radius 1 is 1.28 bits per heavy atom. The molecule has 2 aromatic rings. The molecule has 1 saturated heterocycles. The third-order valence-corrected chi connectivity index (χ3v) is 5.03. The number of rotatable bonds is 7. The summed E-state index contributed by atoms with van der Waals surface area (Å²) in [4.78, 5) is 16.6. The molecular weight excluding hydrogens is 416 g/mol. The van der Waals surface area contributed by atoms with Gasteiger partial charge < -0.3 is 15.4 Å². The Labute approximate surface area is 183 Å². The van der Waals surface area contributed by atoms with E-state index in [1.165, 1.54) is 12.1 Å². The summed E-state index contributed by atoms with van der Waals surface area (Å²) < 4.78 is 19.0. The molecule has 0 radical (unpaired) electrons. The third-order valence-electron chi connectivity index (χ3n) is 5.03. The second kappa shape index (κ2) is 12.6. The Hall–Kier alpha value is -1.89. The van der Waals surface area contributed by atoms with E-state index in [0.29, 0.717) is 36.4 Å². The highest BCUT2D eigenvalue weighted by molar-refractivity contribution is 5.85. The second-order valence-electron chi connectivity index (χ2n) is 7.07. The molecule has 0 spiro atoms. The fourth-order valence-corrected chi connectivity index (χ4v) is 3.43. The Balaban J connectivity index is 0.00000210. The SMILES string of the molecule is CC(CC(=O)NCc1cccnc1Oc1cccc(F)c1)C1CCNCC1.Cl.Cl. The molecule has 2 N–H and O–H groups in total. The van der Waals surface area contributed by atoms with E-state index in [2.05, 4.69) is 22.5 Å². The zero-order valence-electron chi connectivity index (χ0n) is 16.4. The molecule has 3 rings (SSSR count). The number of aromatic nitrogens is 1. The van der Waals surface area contributed by atoms with Crippen LogP contribution in [-0.4, -0.2) is 24.0 Å². The summed E-state index contributed by atoms with van der Waals surface area (Å²) in [6, 6.07) is 9.54. The Bertz CT molecular complexity index is 773. The Morgan fingerprint density at radius 2 is 2.03 bits per heavy atom. The van der Waals surface area contributed by atoms with E-state index in [0.717, 1.165) is 31.5 Å². The minimum atomic E-state index is -0.370. The first-order valence-electron chi connectivity index (χ1n) is 9.46. The smallest absolute Gasteiger partial charge is 0.224 e. The van der Waals surface area contributed by atoms with E-state index >= 15 is 0 Å². The van der Waals surface area contributed by atoms with Crippen molar-refractivity contribution < 1.29 is 13.9 Å². The van der Waals surface area contributed by atoms with Crippen LogP contribution in [0.3, 0.4) is 0 Å². The highest BCUT2D eigenvalue weighted by atomic mass is 35.5. The van der Waals surface area contributed by atoms with E-state index in [9.17, 15) is 9.18 Å². The average Bonchev–Trinajstić information content (AvgIpc) is 2.68. The van der Waals surface area contributed by atoms with Crippen LogP contribution in [0.4, 0.5) is 4.39 Å². The maximum atomic E-state index is 13.3. The number of pyridine rings is 1. The number of carbonyl (C=O) groups excluding carboxylic acids is 1. The Kier molecular flexibility index (Phi) is 10.9. The van der Waals surface area contributed by atoms with Gasteiger partial charge in [0.25, 0.3) is 0 Å². The van der Waals surface area contributed by atoms with Gasteiger partial charge in [-0.05, 0) is 56.0 Å². The number of ether oxygens (including phenoxy) is 1. The van der Waals surface area contributed by atoms with Gasteiger partial charge in [-0.15, -0.1) is 24.8 Å². The number of halogens is 3. The summed E-state index contributed by atoms with van der Waals surface area (Å²) in [5.41, 5.74) is 0.754. The number of carbonyl (C=O) groups is 1. The number of amides is 1. The summed E-state index contributed by atoms with van der Waals surface area (Å²) in [6.45, 7) is 4.55. The number of nitrogens with one attached hydrogen (secondary N) is 2.